The molecule has 0 saturated heterocycles. The van der Waals surface area contributed by atoms with Crippen molar-refractivity contribution in [3.63, 3.8) is 0 Å². The Morgan fingerprint density at radius 1 is 1.08 bits per heavy atom. The van der Waals surface area contributed by atoms with Crippen LogP contribution in [0.15, 0.2) is 48.7 Å². The fourth-order valence-electron chi connectivity index (χ4n) is 2.43. The minimum Gasteiger partial charge on any atom is -0.360 e. The van der Waals surface area contributed by atoms with Crippen LogP contribution in [0.2, 0.25) is 5.02 Å². The number of fused-ring (bicyclic) bond motifs is 1. The van der Waals surface area contributed by atoms with Crippen LogP contribution in [-0.4, -0.2) is 16.7 Å². The fraction of sp³-hybridized carbons (Fsp3) is 0.0588. The number of nitrogens with one attached hydrogen (secondary N) is 2. The number of amides is 1. The van der Waals surface area contributed by atoms with Crippen LogP contribution in [0.1, 0.15) is 15.9 Å². The van der Waals surface area contributed by atoms with E-state index in [0.717, 1.165) is 12.1 Å². The molecular formula is C17H10ClF3N2O2. The number of ketones is 1. The van der Waals surface area contributed by atoms with Crippen LogP contribution in [0, 0.1) is 0 Å². The van der Waals surface area contributed by atoms with Gasteiger partial charge in [-0.25, -0.2) is 0 Å². The Balaban J connectivity index is 1.90. The van der Waals surface area contributed by atoms with Crippen LogP contribution in [0.4, 0.5) is 18.9 Å². The van der Waals surface area contributed by atoms with Gasteiger partial charge in [0.1, 0.15) is 0 Å². The van der Waals surface area contributed by atoms with E-state index < -0.39 is 29.1 Å². The lowest BCUT2D eigenvalue weighted by atomic mass is 10.1. The maximum atomic E-state index is 13.0. The van der Waals surface area contributed by atoms with Gasteiger partial charge in [0.2, 0.25) is 0 Å². The van der Waals surface area contributed by atoms with Gasteiger partial charge in [-0.2, -0.15) is 13.2 Å². The quantitative estimate of drug-likeness (QED) is 0.523. The highest BCUT2D eigenvalue weighted by Crippen LogP contribution is 2.34. The van der Waals surface area contributed by atoms with E-state index in [1.165, 1.54) is 18.3 Å². The number of hydrogen-bond acceptors (Lipinski definition) is 2. The summed E-state index contributed by atoms with van der Waals surface area (Å²) in [6.45, 7) is 0. The molecule has 1 amide bonds. The molecule has 1 aromatic heterocycles. The van der Waals surface area contributed by atoms with Gasteiger partial charge in [0.15, 0.2) is 0 Å². The molecule has 4 nitrogen and oxygen atoms in total. The zero-order valence-corrected chi connectivity index (χ0v) is 13.2. The first-order valence-corrected chi connectivity index (χ1v) is 7.43. The first-order valence-electron chi connectivity index (χ1n) is 7.06. The molecule has 0 aliphatic rings. The molecule has 3 rings (SSSR count). The number of alkyl halides is 3. The van der Waals surface area contributed by atoms with Crippen molar-refractivity contribution in [1.29, 1.82) is 0 Å². The monoisotopic (exact) mass is 366 g/mol. The van der Waals surface area contributed by atoms with E-state index >= 15 is 0 Å². The van der Waals surface area contributed by atoms with Gasteiger partial charge in [0.05, 0.1) is 16.8 Å². The van der Waals surface area contributed by atoms with Gasteiger partial charge >= 0.3 is 6.18 Å². The number of anilines is 1. The van der Waals surface area contributed by atoms with Crippen molar-refractivity contribution < 1.29 is 22.8 Å². The number of halogens is 4. The predicted molar refractivity (Wildman–Crippen MR) is 87.7 cm³/mol. The van der Waals surface area contributed by atoms with Gasteiger partial charge in [0, 0.05) is 22.1 Å². The number of hydrogen-bond donors (Lipinski definition) is 2. The highest BCUT2D eigenvalue weighted by Gasteiger charge is 2.34. The van der Waals surface area contributed by atoms with Gasteiger partial charge < -0.3 is 10.3 Å². The largest absolute Gasteiger partial charge is 0.418 e. The molecule has 8 heteroatoms. The Labute approximate surface area is 144 Å². The summed E-state index contributed by atoms with van der Waals surface area (Å²) < 4.78 is 38.9. The van der Waals surface area contributed by atoms with Crippen LogP contribution in [0.3, 0.4) is 0 Å². The smallest absolute Gasteiger partial charge is 0.360 e. The van der Waals surface area contributed by atoms with Crippen molar-refractivity contribution in [3.05, 3.63) is 64.8 Å². The summed E-state index contributed by atoms with van der Waals surface area (Å²) in [5.74, 6) is -2.11. The number of carbonyl (C=O) groups excluding carboxylic acids is 2. The zero-order chi connectivity index (χ0) is 18.2. The Kier molecular flexibility index (Phi) is 4.26. The van der Waals surface area contributed by atoms with Gasteiger partial charge in [-0.1, -0.05) is 29.8 Å². The van der Waals surface area contributed by atoms with Crippen LogP contribution >= 0.6 is 11.6 Å². The average Bonchev–Trinajstić information content (AvgIpc) is 2.96. The van der Waals surface area contributed by atoms with E-state index in [0.29, 0.717) is 15.9 Å². The Bertz CT molecular complexity index is 979. The first-order chi connectivity index (χ1) is 11.8. The fourth-order valence-corrected chi connectivity index (χ4v) is 2.60. The molecule has 25 heavy (non-hydrogen) atoms. The summed E-state index contributed by atoms with van der Waals surface area (Å²) in [7, 11) is 0. The lowest BCUT2D eigenvalue weighted by Gasteiger charge is -2.12. The number of benzene rings is 2. The minimum atomic E-state index is -4.65. The molecule has 1 heterocycles. The normalized spacial score (nSPS) is 11.5. The van der Waals surface area contributed by atoms with Crippen LogP contribution in [0.25, 0.3) is 10.9 Å². The number of H-pyrrole nitrogens is 1. The third-order valence-electron chi connectivity index (χ3n) is 3.58. The highest BCUT2D eigenvalue weighted by atomic mass is 35.5. The van der Waals surface area contributed by atoms with E-state index in [-0.39, 0.29) is 5.56 Å². The lowest BCUT2D eigenvalue weighted by Crippen LogP contribution is -2.24. The van der Waals surface area contributed by atoms with Crippen molar-refractivity contribution in [1.82, 2.24) is 4.98 Å². The number of rotatable bonds is 3. The summed E-state index contributed by atoms with van der Waals surface area (Å²) in [6.07, 6.45) is -3.33. The molecule has 0 fully saturated rings. The number of para-hydroxylation sites is 1. The van der Waals surface area contributed by atoms with Crippen molar-refractivity contribution in [3.8, 4) is 0 Å². The second-order valence-corrected chi connectivity index (χ2v) is 5.66. The molecule has 0 aliphatic carbocycles. The molecule has 0 bridgehead atoms. The molecule has 3 aromatic rings. The standard InChI is InChI=1S/C17H10ClF3N2O2/c18-9-5-6-10-11(8-22-14(10)7-9)15(24)16(25)23-13-4-2-1-3-12(13)17(19,20)21/h1-8,22H,(H,23,25). The summed E-state index contributed by atoms with van der Waals surface area (Å²) in [6, 6.07) is 9.12. The molecule has 0 radical (unpaired) electrons. The Morgan fingerprint density at radius 3 is 2.52 bits per heavy atom. The molecule has 0 unspecified atom stereocenters. The molecule has 2 N–H and O–H groups in total. The summed E-state index contributed by atoms with van der Waals surface area (Å²) in [5, 5.41) is 2.93. The highest BCUT2D eigenvalue weighted by molar-refractivity contribution is 6.48. The first kappa shape index (κ1) is 17.0. The number of Topliss-reactive ketones (excluding diaryl/α,β-unsaturated/α-hetero) is 1. The number of aromatic amines is 1. The van der Waals surface area contributed by atoms with Crippen molar-refractivity contribution in [2.24, 2.45) is 0 Å². The molecule has 2 aromatic carbocycles. The van der Waals surface area contributed by atoms with Crippen LogP contribution < -0.4 is 5.32 Å². The second-order valence-electron chi connectivity index (χ2n) is 5.22. The van der Waals surface area contributed by atoms with Gasteiger partial charge in [0.25, 0.3) is 11.7 Å². The molecule has 0 spiro atoms. The van der Waals surface area contributed by atoms with Gasteiger partial charge in [-0.3, -0.25) is 9.59 Å². The predicted octanol–water partition coefficient (Wildman–Crippen LogP) is 4.66. The topological polar surface area (TPSA) is 62.0 Å². The second kappa shape index (κ2) is 6.25. The maximum absolute atomic E-state index is 13.0. The van der Waals surface area contributed by atoms with E-state index in [1.54, 1.807) is 18.2 Å². The van der Waals surface area contributed by atoms with Crippen molar-refractivity contribution in [2.45, 2.75) is 6.18 Å². The maximum Gasteiger partial charge on any atom is 0.418 e. The molecule has 0 aliphatic heterocycles. The molecular weight excluding hydrogens is 357 g/mol. The summed E-state index contributed by atoms with van der Waals surface area (Å²) in [4.78, 5) is 27.3. The Hall–Kier alpha value is -2.80. The van der Waals surface area contributed by atoms with Crippen LogP contribution in [-0.2, 0) is 11.0 Å². The minimum absolute atomic E-state index is 0.0497. The average molecular weight is 367 g/mol. The zero-order valence-electron chi connectivity index (χ0n) is 12.4. The third kappa shape index (κ3) is 3.36. The molecule has 0 atom stereocenters. The van der Waals surface area contributed by atoms with Gasteiger partial charge in [-0.05, 0) is 24.3 Å². The van der Waals surface area contributed by atoms with Crippen molar-refractivity contribution >= 4 is 39.9 Å². The van der Waals surface area contributed by atoms with Crippen LogP contribution in [0.5, 0.6) is 0 Å². The summed E-state index contributed by atoms with van der Waals surface area (Å²) >= 11 is 5.85. The summed E-state index contributed by atoms with van der Waals surface area (Å²) in [5.41, 5.74) is -0.911. The SMILES string of the molecule is O=C(Nc1ccccc1C(F)(F)F)C(=O)c1c[nH]c2cc(Cl)ccc12. The number of aromatic nitrogens is 1. The molecule has 128 valence electrons. The van der Waals surface area contributed by atoms with Gasteiger partial charge in [-0.15, -0.1) is 0 Å². The third-order valence-corrected chi connectivity index (χ3v) is 3.81. The van der Waals surface area contributed by atoms with E-state index in [9.17, 15) is 22.8 Å². The molecule has 0 saturated carbocycles. The van der Waals surface area contributed by atoms with E-state index in [2.05, 4.69) is 4.98 Å². The van der Waals surface area contributed by atoms with E-state index in [1.807, 2.05) is 5.32 Å². The number of carbonyl (C=O) groups is 2. The Morgan fingerprint density at radius 2 is 1.80 bits per heavy atom. The van der Waals surface area contributed by atoms with E-state index in [4.69, 9.17) is 11.6 Å². The lowest BCUT2D eigenvalue weighted by molar-refractivity contribution is -0.137. The van der Waals surface area contributed by atoms with Crippen molar-refractivity contribution in [2.75, 3.05) is 5.32 Å².